The summed E-state index contributed by atoms with van der Waals surface area (Å²) in [6, 6.07) is 2.00. The molecule has 1 aliphatic carbocycles. The van der Waals surface area contributed by atoms with Gasteiger partial charge in [-0.05, 0) is 31.2 Å². The third-order valence-electron chi connectivity index (χ3n) is 4.99. The van der Waals surface area contributed by atoms with Crippen LogP contribution in [0.2, 0.25) is 0 Å². The number of aliphatic hydroxyl groups excluding tert-OH is 1. The highest BCUT2D eigenvalue weighted by atomic mass is 16.3. The molecule has 1 aliphatic heterocycles. The predicted molar refractivity (Wildman–Crippen MR) is 85.1 cm³/mol. The summed E-state index contributed by atoms with van der Waals surface area (Å²) >= 11 is 0. The maximum atomic E-state index is 10.6. The number of pyridine rings is 1. The molecule has 2 aromatic rings. The van der Waals surface area contributed by atoms with E-state index in [-0.39, 0.29) is 6.10 Å². The molecule has 0 aromatic carbocycles. The zero-order valence-corrected chi connectivity index (χ0v) is 12.7. The minimum atomic E-state index is -0.387. The van der Waals surface area contributed by atoms with Crippen LogP contribution in [0.5, 0.6) is 0 Å². The molecule has 2 N–H and O–H groups in total. The lowest BCUT2D eigenvalue weighted by atomic mass is 9.83. The first-order chi connectivity index (χ1) is 10.8. The summed E-state index contributed by atoms with van der Waals surface area (Å²) in [6.07, 6.45) is 12.2. The molecule has 1 fully saturated rings. The van der Waals surface area contributed by atoms with Crippen molar-refractivity contribution in [1.29, 1.82) is 0 Å². The molecule has 1 saturated carbocycles. The Bertz CT molecular complexity index is 660. The Morgan fingerprint density at radius 1 is 1.27 bits per heavy atom. The van der Waals surface area contributed by atoms with E-state index in [0.717, 1.165) is 42.9 Å². The Balaban J connectivity index is 1.60. The summed E-state index contributed by atoms with van der Waals surface area (Å²) in [5, 5.41) is 18.4. The monoisotopic (exact) mass is 298 g/mol. The van der Waals surface area contributed by atoms with Crippen molar-refractivity contribution in [2.24, 2.45) is 5.92 Å². The fourth-order valence-electron chi connectivity index (χ4n) is 3.74. The van der Waals surface area contributed by atoms with Crippen LogP contribution in [0.15, 0.2) is 24.7 Å². The highest BCUT2D eigenvalue weighted by Gasteiger charge is 2.25. The summed E-state index contributed by atoms with van der Waals surface area (Å²) in [7, 11) is 0. The number of aliphatic hydroxyl groups is 1. The molecule has 1 atom stereocenters. The molecule has 4 rings (SSSR count). The Labute approximate surface area is 130 Å². The maximum Gasteiger partial charge on any atom is 0.131 e. The molecule has 22 heavy (non-hydrogen) atoms. The Morgan fingerprint density at radius 2 is 2.14 bits per heavy atom. The van der Waals surface area contributed by atoms with E-state index in [4.69, 9.17) is 0 Å². The van der Waals surface area contributed by atoms with Crippen molar-refractivity contribution < 1.29 is 5.11 Å². The van der Waals surface area contributed by atoms with Crippen molar-refractivity contribution in [3.05, 3.63) is 35.8 Å². The molecule has 0 radical (unpaired) electrons. The predicted octanol–water partition coefficient (Wildman–Crippen LogP) is 2.85. The molecule has 5 nitrogen and oxygen atoms in total. The molecule has 0 saturated heterocycles. The third kappa shape index (κ3) is 2.39. The lowest BCUT2D eigenvalue weighted by Crippen LogP contribution is -2.15. The van der Waals surface area contributed by atoms with Crippen LogP contribution in [0, 0.1) is 5.92 Å². The minimum absolute atomic E-state index is 0.385. The molecule has 0 spiro atoms. The number of hydrogen-bond donors (Lipinski definition) is 2. The fraction of sp³-hybridized carbons (Fsp3) is 0.529. The maximum absolute atomic E-state index is 10.6. The van der Waals surface area contributed by atoms with Crippen LogP contribution in [-0.2, 0) is 6.42 Å². The van der Waals surface area contributed by atoms with Gasteiger partial charge in [0.2, 0.25) is 0 Å². The first kappa shape index (κ1) is 13.8. The van der Waals surface area contributed by atoms with E-state index in [9.17, 15) is 5.11 Å². The second kappa shape index (κ2) is 5.72. The van der Waals surface area contributed by atoms with Crippen molar-refractivity contribution in [3.8, 4) is 5.69 Å². The van der Waals surface area contributed by atoms with Crippen molar-refractivity contribution in [2.45, 2.75) is 44.6 Å². The Morgan fingerprint density at radius 3 is 3.00 bits per heavy atom. The highest BCUT2D eigenvalue weighted by molar-refractivity contribution is 5.58. The molecule has 5 heteroatoms. The van der Waals surface area contributed by atoms with Crippen LogP contribution in [0.25, 0.3) is 5.69 Å². The van der Waals surface area contributed by atoms with Gasteiger partial charge < -0.3 is 10.4 Å². The molecule has 2 aromatic heterocycles. The molecule has 116 valence electrons. The van der Waals surface area contributed by atoms with Gasteiger partial charge in [-0.2, -0.15) is 5.10 Å². The van der Waals surface area contributed by atoms with Crippen molar-refractivity contribution >= 4 is 5.82 Å². The van der Waals surface area contributed by atoms with Gasteiger partial charge in [0.25, 0.3) is 0 Å². The Kier molecular flexibility index (Phi) is 3.58. The summed E-state index contributed by atoms with van der Waals surface area (Å²) in [6.45, 7) is 0.929. The van der Waals surface area contributed by atoms with Crippen molar-refractivity contribution in [3.63, 3.8) is 0 Å². The number of fused-ring (bicyclic) bond motifs is 1. The first-order valence-electron chi connectivity index (χ1n) is 8.27. The zero-order valence-electron chi connectivity index (χ0n) is 12.7. The van der Waals surface area contributed by atoms with Crippen LogP contribution in [0.4, 0.5) is 5.82 Å². The first-order valence-corrected chi connectivity index (χ1v) is 8.27. The standard InChI is InChI=1S/C17H22N4O/c22-16(12-4-2-1-3-5-12)13-10-20-21(11-13)15-7-9-19-17-14(15)6-8-18-17/h7,9-12,16,22H,1-6,8H2,(H,18,19)/t16-/m0/s1. The summed E-state index contributed by atoms with van der Waals surface area (Å²) in [5.41, 5.74) is 3.21. The van der Waals surface area contributed by atoms with E-state index in [1.54, 1.807) is 0 Å². The van der Waals surface area contributed by atoms with Crippen LogP contribution < -0.4 is 5.32 Å². The van der Waals surface area contributed by atoms with Gasteiger partial charge in [0, 0.05) is 30.1 Å². The molecular formula is C17H22N4O. The van der Waals surface area contributed by atoms with Crippen LogP contribution in [0.3, 0.4) is 0 Å². The lowest BCUT2D eigenvalue weighted by Gasteiger charge is -2.25. The van der Waals surface area contributed by atoms with Gasteiger partial charge in [0.1, 0.15) is 5.82 Å². The van der Waals surface area contributed by atoms with E-state index < -0.39 is 0 Å². The van der Waals surface area contributed by atoms with Gasteiger partial charge in [-0.25, -0.2) is 9.67 Å². The number of anilines is 1. The molecular weight excluding hydrogens is 276 g/mol. The lowest BCUT2D eigenvalue weighted by molar-refractivity contribution is 0.0848. The fourth-order valence-corrected chi connectivity index (χ4v) is 3.74. The van der Waals surface area contributed by atoms with Crippen LogP contribution in [0.1, 0.15) is 49.3 Å². The average molecular weight is 298 g/mol. The number of aromatic nitrogens is 3. The van der Waals surface area contributed by atoms with Gasteiger partial charge >= 0.3 is 0 Å². The van der Waals surface area contributed by atoms with Gasteiger partial charge in [-0.15, -0.1) is 0 Å². The summed E-state index contributed by atoms with van der Waals surface area (Å²) in [5.74, 6) is 1.35. The summed E-state index contributed by atoms with van der Waals surface area (Å²) in [4.78, 5) is 4.36. The largest absolute Gasteiger partial charge is 0.388 e. The molecule has 0 amide bonds. The number of nitrogens with zero attached hydrogens (tertiary/aromatic N) is 3. The summed E-state index contributed by atoms with van der Waals surface area (Å²) < 4.78 is 1.88. The average Bonchev–Trinajstić information content (AvgIpc) is 3.24. The van der Waals surface area contributed by atoms with Gasteiger partial charge in [0.05, 0.1) is 18.0 Å². The second-order valence-corrected chi connectivity index (χ2v) is 6.40. The molecule has 3 heterocycles. The number of hydrogen-bond acceptors (Lipinski definition) is 4. The Hall–Kier alpha value is -1.88. The van der Waals surface area contributed by atoms with Gasteiger partial charge in [-0.3, -0.25) is 0 Å². The number of rotatable bonds is 3. The van der Waals surface area contributed by atoms with Crippen molar-refractivity contribution in [2.75, 3.05) is 11.9 Å². The van der Waals surface area contributed by atoms with E-state index in [2.05, 4.69) is 15.4 Å². The second-order valence-electron chi connectivity index (χ2n) is 6.40. The van der Waals surface area contributed by atoms with Crippen molar-refractivity contribution in [1.82, 2.24) is 14.8 Å². The quantitative estimate of drug-likeness (QED) is 0.914. The zero-order chi connectivity index (χ0) is 14.9. The van der Waals surface area contributed by atoms with Gasteiger partial charge in [-0.1, -0.05) is 19.3 Å². The van der Waals surface area contributed by atoms with E-state index in [0.29, 0.717) is 5.92 Å². The smallest absolute Gasteiger partial charge is 0.131 e. The van der Waals surface area contributed by atoms with Crippen LogP contribution in [-0.4, -0.2) is 26.4 Å². The minimum Gasteiger partial charge on any atom is -0.388 e. The topological polar surface area (TPSA) is 63.0 Å². The normalized spacial score (nSPS) is 19.7. The molecule has 0 unspecified atom stereocenters. The molecule has 2 aliphatic rings. The van der Waals surface area contributed by atoms with Crippen LogP contribution >= 0.6 is 0 Å². The van der Waals surface area contributed by atoms with E-state index in [1.165, 1.54) is 24.8 Å². The highest BCUT2D eigenvalue weighted by Crippen LogP contribution is 2.34. The molecule has 0 bridgehead atoms. The SMILES string of the molecule is O[C@H](c1cnn(-c2ccnc3c2CCN3)c1)C1CCCCC1. The van der Waals surface area contributed by atoms with E-state index in [1.807, 2.05) is 29.3 Å². The van der Waals surface area contributed by atoms with E-state index >= 15 is 0 Å². The number of nitrogens with one attached hydrogen (secondary N) is 1. The third-order valence-corrected chi connectivity index (χ3v) is 4.99. The van der Waals surface area contributed by atoms with Gasteiger partial charge in [0.15, 0.2) is 0 Å².